The Labute approximate surface area is 119 Å². The highest BCUT2D eigenvalue weighted by Crippen LogP contribution is 2.23. The second kappa shape index (κ2) is 5.25. The summed E-state index contributed by atoms with van der Waals surface area (Å²) >= 11 is 0. The van der Waals surface area contributed by atoms with E-state index in [1.807, 2.05) is 50.4 Å². The molecule has 2 heterocycles. The fourth-order valence-corrected chi connectivity index (χ4v) is 1.91. The molecule has 0 aliphatic carbocycles. The Morgan fingerprint density at radius 3 is 2.75 bits per heavy atom. The summed E-state index contributed by atoms with van der Waals surface area (Å²) in [6.07, 6.45) is 1.93. The van der Waals surface area contributed by atoms with Gasteiger partial charge in [0.25, 0.3) is 0 Å². The molecule has 0 unspecified atom stereocenters. The van der Waals surface area contributed by atoms with E-state index in [1.54, 1.807) is 7.11 Å². The van der Waals surface area contributed by atoms with E-state index in [0.29, 0.717) is 6.61 Å². The summed E-state index contributed by atoms with van der Waals surface area (Å²) in [5.74, 6) is -0.0282. The fraction of sp³-hybridized carbons (Fsp3) is 0.467. The maximum atomic E-state index is 12.1. The minimum Gasteiger partial charge on any atom is -0.378 e. The summed E-state index contributed by atoms with van der Waals surface area (Å²) in [6.45, 7) is 8.10. The highest BCUT2D eigenvalue weighted by Gasteiger charge is 2.22. The number of imidazole rings is 1. The van der Waals surface area contributed by atoms with Crippen molar-refractivity contribution < 1.29 is 9.53 Å². The molecule has 2 aromatic heterocycles. The molecular weight excluding hydrogens is 254 g/mol. The number of nitrogens with one attached hydrogen (secondary N) is 1. The number of pyridine rings is 1. The molecule has 5 nitrogen and oxygen atoms in total. The number of hydrogen-bond donors (Lipinski definition) is 1. The second-order valence-electron chi connectivity index (χ2n) is 5.90. The van der Waals surface area contributed by atoms with Gasteiger partial charge in [0, 0.05) is 24.4 Å². The molecule has 0 spiro atoms. The standard InChI is InChI=1S/C15H21N3O2/c1-10-12(9-20-5)16-13-11(7-6-8-18(10)13)17-14(19)15(2,3)4/h6-8H,9H2,1-5H3,(H,17,19). The van der Waals surface area contributed by atoms with Crippen LogP contribution in [0.15, 0.2) is 18.3 Å². The Morgan fingerprint density at radius 2 is 2.15 bits per heavy atom. The van der Waals surface area contributed by atoms with Crippen molar-refractivity contribution in [1.29, 1.82) is 0 Å². The number of hydrogen-bond acceptors (Lipinski definition) is 3. The first-order valence-electron chi connectivity index (χ1n) is 6.61. The van der Waals surface area contributed by atoms with Crippen LogP contribution in [-0.4, -0.2) is 22.4 Å². The number of anilines is 1. The van der Waals surface area contributed by atoms with Gasteiger partial charge >= 0.3 is 0 Å². The third kappa shape index (κ3) is 2.67. The van der Waals surface area contributed by atoms with Gasteiger partial charge < -0.3 is 14.5 Å². The van der Waals surface area contributed by atoms with Crippen LogP contribution in [0.5, 0.6) is 0 Å². The molecule has 2 rings (SSSR count). The molecule has 0 aliphatic rings. The first-order chi connectivity index (χ1) is 9.34. The Hall–Kier alpha value is -1.88. The predicted molar refractivity (Wildman–Crippen MR) is 78.7 cm³/mol. The van der Waals surface area contributed by atoms with Crippen LogP contribution in [0.4, 0.5) is 5.69 Å². The molecule has 108 valence electrons. The quantitative estimate of drug-likeness (QED) is 0.937. The van der Waals surface area contributed by atoms with Gasteiger partial charge in [-0.15, -0.1) is 0 Å². The summed E-state index contributed by atoms with van der Waals surface area (Å²) in [4.78, 5) is 16.7. The lowest BCUT2D eigenvalue weighted by atomic mass is 9.95. The zero-order valence-electron chi connectivity index (χ0n) is 12.7. The van der Waals surface area contributed by atoms with Crippen LogP contribution in [0, 0.1) is 12.3 Å². The molecule has 0 saturated carbocycles. The molecule has 0 aliphatic heterocycles. The average Bonchev–Trinajstić information content (AvgIpc) is 2.68. The minimum atomic E-state index is -0.441. The van der Waals surface area contributed by atoms with Gasteiger partial charge in [-0.3, -0.25) is 4.79 Å². The average molecular weight is 275 g/mol. The third-order valence-corrected chi connectivity index (χ3v) is 3.20. The predicted octanol–water partition coefficient (Wildman–Crippen LogP) is 2.77. The van der Waals surface area contributed by atoms with Crippen LogP contribution in [0.1, 0.15) is 32.2 Å². The summed E-state index contributed by atoms with van der Waals surface area (Å²) in [6, 6.07) is 3.76. The number of aromatic nitrogens is 2. The molecule has 1 N–H and O–H groups in total. The van der Waals surface area contributed by atoms with E-state index < -0.39 is 5.41 Å². The van der Waals surface area contributed by atoms with Gasteiger partial charge in [-0.1, -0.05) is 20.8 Å². The molecule has 0 aromatic carbocycles. The van der Waals surface area contributed by atoms with Crippen molar-refractivity contribution in [1.82, 2.24) is 9.38 Å². The first-order valence-corrected chi connectivity index (χ1v) is 6.61. The van der Waals surface area contributed by atoms with Crippen LogP contribution >= 0.6 is 0 Å². The van der Waals surface area contributed by atoms with Crippen molar-refractivity contribution in [2.45, 2.75) is 34.3 Å². The maximum absolute atomic E-state index is 12.1. The molecule has 1 amide bonds. The number of aryl methyl sites for hydroxylation is 1. The van der Waals surface area contributed by atoms with Gasteiger partial charge in [-0.05, 0) is 19.1 Å². The third-order valence-electron chi connectivity index (χ3n) is 3.20. The van der Waals surface area contributed by atoms with E-state index in [4.69, 9.17) is 4.74 Å². The van der Waals surface area contributed by atoms with Gasteiger partial charge in [0.2, 0.25) is 5.91 Å². The van der Waals surface area contributed by atoms with Crippen LogP contribution in [0.3, 0.4) is 0 Å². The normalized spacial score (nSPS) is 11.8. The number of rotatable bonds is 3. The molecular formula is C15H21N3O2. The Balaban J connectivity index is 2.44. The fourth-order valence-electron chi connectivity index (χ4n) is 1.91. The molecule has 0 bridgehead atoms. The number of carbonyl (C=O) groups excluding carboxylic acids is 1. The summed E-state index contributed by atoms with van der Waals surface area (Å²) in [5, 5.41) is 2.94. The summed E-state index contributed by atoms with van der Waals surface area (Å²) in [5.41, 5.74) is 2.93. The number of methoxy groups -OCH3 is 1. The van der Waals surface area contributed by atoms with E-state index in [1.165, 1.54) is 0 Å². The van der Waals surface area contributed by atoms with Crippen molar-refractivity contribution in [3.8, 4) is 0 Å². The minimum absolute atomic E-state index is 0.0282. The van der Waals surface area contributed by atoms with Gasteiger partial charge in [0.1, 0.15) is 0 Å². The summed E-state index contributed by atoms with van der Waals surface area (Å²) < 4.78 is 7.12. The molecule has 0 atom stereocenters. The van der Waals surface area contributed by atoms with E-state index in [2.05, 4.69) is 10.3 Å². The van der Waals surface area contributed by atoms with Crippen LogP contribution in [-0.2, 0) is 16.1 Å². The number of nitrogens with zero attached hydrogens (tertiary/aromatic N) is 2. The molecule has 20 heavy (non-hydrogen) atoms. The lowest BCUT2D eigenvalue weighted by Crippen LogP contribution is -2.27. The molecule has 2 aromatic rings. The Kier molecular flexibility index (Phi) is 3.81. The highest BCUT2D eigenvalue weighted by molar-refractivity contribution is 5.97. The van der Waals surface area contributed by atoms with Gasteiger partial charge in [-0.2, -0.15) is 0 Å². The monoisotopic (exact) mass is 275 g/mol. The van der Waals surface area contributed by atoms with E-state index in [9.17, 15) is 4.79 Å². The van der Waals surface area contributed by atoms with E-state index in [-0.39, 0.29) is 5.91 Å². The van der Waals surface area contributed by atoms with Gasteiger partial charge in [0.15, 0.2) is 5.65 Å². The van der Waals surface area contributed by atoms with Crippen molar-refractivity contribution in [2.75, 3.05) is 12.4 Å². The topological polar surface area (TPSA) is 55.6 Å². The van der Waals surface area contributed by atoms with Crippen LogP contribution in [0.2, 0.25) is 0 Å². The number of carbonyl (C=O) groups is 1. The zero-order valence-corrected chi connectivity index (χ0v) is 12.7. The number of ether oxygens (including phenoxy) is 1. The van der Waals surface area contributed by atoms with Crippen molar-refractivity contribution in [3.63, 3.8) is 0 Å². The lowest BCUT2D eigenvalue weighted by Gasteiger charge is -2.17. The number of amides is 1. The van der Waals surface area contributed by atoms with Crippen molar-refractivity contribution in [2.24, 2.45) is 5.41 Å². The lowest BCUT2D eigenvalue weighted by molar-refractivity contribution is -0.123. The molecule has 0 fully saturated rings. The van der Waals surface area contributed by atoms with Crippen molar-refractivity contribution >= 4 is 17.2 Å². The molecule has 0 saturated heterocycles. The van der Waals surface area contributed by atoms with Gasteiger partial charge in [-0.25, -0.2) is 4.98 Å². The second-order valence-corrected chi connectivity index (χ2v) is 5.90. The Bertz CT molecular complexity index is 638. The molecule has 5 heteroatoms. The summed E-state index contributed by atoms with van der Waals surface area (Å²) in [7, 11) is 1.64. The maximum Gasteiger partial charge on any atom is 0.229 e. The smallest absolute Gasteiger partial charge is 0.229 e. The highest BCUT2D eigenvalue weighted by atomic mass is 16.5. The van der Waals surface area contributed by atoms with Crippen LogP contribution in [0.25, 0.3) is 5.65 Å². The van der Waals surface area contributed by atoms with Crippen molar-refractivity contribution in [3.05, 3.63) is 29.7 Å². The number of fused-ring (bicyclic) bond motifs is 1. The first kappa shape index (κ1) is 14.5. The molecule has 0 radical (unpaired) electrons. The zero-order chi connectivity index (χ0) is 14.9. The van der Waals surface area contributed by atoms with Gasteiger partial charge in [0.05, 0.1) is 18.0 Å². The Morgan fingerprint density at radius 1 is 1.45 bits per heavy atom. The van der Waals surface area contributed by atoms with E-state index >= 15 is 0 Å². The van der Waals surface area contributed by atoms with E-state index in [0.717, 1.165) is 22.7 Å². The van der Waals surface area contributed by atoms with Crippen LogP contribution < -0.4 is 5.32 Å². The SMILES string of the molecule is COCc1nc2c(NC(=O)C(C)(C)C)cccn2c1C. The largest absolute Gasteiger partial charge is 0.378 e.